The Labute approximate surface area is 101 Å². The van der Waals surface area contributed by atoms with Crippen molar-refractivity contribution in [1.82, 2.24) is 4.98 Å². The third-order valence-corrected chi connectivity index (χ3v) is 5.52. The molecule has 0 saturated heterocycles. The van der Waals surface area contributed by atoms with Crippen LogP contribution in [0.2, 0.25) is 0 Å². The third kappa shape index (κ3) is 2.81. The van der Waals surface area contributed by atoms with Crippen molar-refractivity contribution >= 4 is 21.2 Å². The molecule has 4 nitrogen and oxygen atoms in total. The van der Waals surface area contributed by atoms with E-state index < -0.39 is 20.6 Å². The average molecular weight is 262 g/mol. The number of rotatable bonds is 4. The van der Waals surface area contributed by atoms with Gasteiger partial charge in [-0.1, -0.05) is 6.92 Å². The first-order chi connectivity index (χ1) is 7.18. The molecule has 0 aliphatic heterocycles. The lowest BCUT2D eigenvalue weighted by atomic mass is 9.97. The second-order valence-electron chi connectivity index (χ2n) is 4.31. The van der Waals surface area contributed by atoms with Gasteiger partial charge in [0, 0.05) is 11.6 Å². The molecule has 0 amide bonds. The van der Waals surface area contributed by atoms with Crippen molar-refractivity contribution in [3.63, 3.8) is 0 Å². The van der Waals surface area contributed by atoms with Gasteiger partial charge in [-0.2, -0.15) is 0 Å². The second kappa shape index (κ2) is 4.43. The summed E-state index contributed by atoms with van der Waals surface area (Å²) in [4.78, 5) is 4.33. The Kier molecular flexibility index (Phi) is 3.76. The summed E-state index contributed by atoms with van der Waals surface area (Å²) < 4.78 is 22.8. The van der Waals surface area contributed by atoms with E-state index in [4.69, 9.17) is 5.73 Å². The van der Waals surface area contributed by atoms with Gasteiger partial charge in [-0.05, 0) is 20.3 Å². The summed E-state index contributed by atoms with van der Waals surface area (Å²) in [6.07, 6.45) is 1.99. The van der Waals surface area contributed by atoms with Crippen LogP contribution in [0.1, 0.15) is 43.1 Å². The van der Waals surface area contributed by atoms with E-state index in [9.17, 15) is 8.42 Å². The van der Waals surface area contributed by atoms with Crippen LogP contribution in [0.15, 0.2) is 5.38 Å². The number of nitrogens with zero attached hydrogens (tertiary/aromatic N) is 1. The van der Waals surface area contributed by atoms with Crippen LogP contribution < -0.4 is 5.73 Å². The van der Waals surface area contributed by atoms with Gasteiger partial charge in [0.2, 0.25) is 0 Å². The summed E-state index contributed by atoms with van der Waals surface area (Å²) in [5.74, 6) is 0. The van der Waals surface area contributed by atoms with Crippen molar-refractivity contribution in [2.45, 2.75) is 38.0 Å². The van der Waals surface area contributed by atoms with E-state index in [1.54, 1.807) is 6.92 Å². The highest BCUT2D eigenvalue weighted by Gasteiger charge is 2.26. The van der Waals surface area contributed by atoms with Gasteiger partial charge in [0.15, 0.2) is 9.84 Å². The molecule has 2 atom stereocenters. The van der Waals surface area contributed by atoms with Gasteiger partial charge in [0.05, 0.1) is 11.2 Å². The lowest BCUT2D eigenvalue weighted by molar-refractivity contribution is 0.463. The minimum absolute atomic E-state index is 0.480. The Hall–Kier alpha value is -0.460. The van der Waals surface area contributed by atoms with Crippen molar-refractivity contribution in [3.8, 4) is 0 Å². The molecule has 0 spiro atoms. The Bertz CT molecular complexity index is 463. The monoisotopic (exact) mass is 262 g/mol. The first-order valence-electron chi connectivity index (χ1n) is 5.12. The molecule has 1 rings (SSSR count). The molecular weight excluding hydrogens is 244 g/mol. The van der Waals surface area contributed by atoms with E-state index in [2.05, 4.69) is 4.98 Å². The molecular formula is C10H18N2O2S2. The molecule has 0 aromatic carbocycles. The molecule has 0 saturated carbocycles. The number of aromatic nitrogens is 1. The number of hydrogen-bond acceptors (Lipinski definition) is 5. The molecule has 2 unspecified atom stereocenters. The normalized spacial score (nSPS) is 18.1. The van der Waals surface area contributed by atoms with Gasteiger partial charge in [-0.3, -0.25) is 0 Å². The van der Waals surface area contributed by atoms with E-state index in [1.165, 1.54) is 17.6 Å². The zero-order chi connectivity index (χ0) is 12.6. The van der Waals surface area contributed by atoms with Crippen molar-refractivity contribution in [1.29, 1.82) is 0 Å². The molecule has 1 heterocycles. The van der Waals surface area contributed by atoms with Crippen LogP contribution in [0.3, 0.4) is 0 Å². The SMILES string of the molecule is CCC(C)(N)c1csc(C(C)S(C)(=O)=O)n1. The summed E-state index contributed by atoms with van der Waals surface area (Å²) in [5.41, 5.74) is 6.34. The van der Waals surface area contributed by atoms with E-state index in [-0.39, 0.29) is 0 Å². The van der Waals surface area contributed by atoms with Gasteiger partial charge < -0.3 is 5.73 Å². The van der Waals surface area contributed by atoms with Crippen molar-refractivity contribution in [2.24, 2.45) is 5.73 Å². The Morgan fingerprint density at radius 3 is 2.62 bits per heavy atom. The molecule has 0 aliphatic carbocycles. The number of nitrogens with two attached hydrogens (primary N) is 1. The summed E-state index contributed by atoms with van der Waals surface area (Å²) >= 11 is 1.36. The highest BCUT2D eigenvalue weighted by Crippen LogP contribution is 2.29. The first-order valence-corrected chi connectivity index (χ1v) is 7.95. The Morgan fingerprint density at radius 2 is 2.19 bits per heavy atom. The summed E-state index contributed by atoms with van der Waals surface area (Å²) in [5, 5.41) is 1.90. The van der Waals surface area contributed by atoms with Crippen molar-refractivity contribution in [3.05, 3.63) is 16.1 Å². The molecule has 92 valence electrons. The van der Waals surface area contributed by atoms with Crippen LogP contribution in [0.25, 0.3) is 0 Å². The lowest BCUT2D eigenvalue weighted by Crippen LogP contribution is -2.32. The number of hydrogen-bond donors (Lipinski definition) is 1. The maximum atomic E-state index is 11.4. The van der Waals surface area contributed by atoms with Gasteiger partial charge in [-0.25, -0.2) is 13.4 Å². The number of sulfone groups is 1. The largest absolute Gasteiger partial charge is 0.320 e. The second-order valence-corrected chi connectivity index (χ2v) is 7.57. The number of thiazole rings is 1. The van der Waals surface area contributed by atoms with E-state index in [0.29, 0.717) is 5.01 Å². The molecule has 6 heteroatoms. The maximum Gasteiger partial charge on any atom is 0.156 e. The fourth-order valence-corrected chi connectivity index (χ4v) is 3.11. The van der Waals surface area contributed by atoms with Crippen LogP contribution in [-0.2, 0) is 15.4 Å². The highest BCUT2D eigenvalue weighted by molar-refractivity contribution is 7.91. The predicted molar refractivity (Wildman–Crippen MR) is 67.2 cm³/mol. The molecule has 0 aliphatic rings. The first kappa shape index (κ1) is 13.6. The van der Waals surface area contributed by atoms with Crippen LogP contribution in [0, 0.1) is 0 Å². The van der Waals surface area contributed by atoms with Gasteiger partial charge in [-0.15, -0.1) is 11.3 Å². The zero-order valence-corrected chi connectivity index (χ0v) is 11.7. The van der Waals surface area contributed by atoms with Crippen LogP contribution in [0.4, 0.5) is 0 Å². The maximum absolute atomic E-state index is 11.4. The molecule has 2 N–H and O–H groups in total. The van der Waals surface area contributed by atoms with E-state index in [1.807, 2.05) is 19.2 Å². The fraction of sp³-hybridized carbons (Fsp3) is 0.700. The standard InChI is InChI=1S/C10H18N2O2S2/c1-5-10(3,11)8-6-15-9(12-8)7(2)16(4,13)14/h6-7H,5,11H2,1-4H3. The zero-order valence-electron chi connectivity index (χ0n) is 10.0. The van der Waals surface area contributed by atoms with Crippen LogP contribution in [-0.4, -0.2) is 19.7 Å². The molecule has 16 heavy (non-hydrogen) atoms. The minimum Gasteiger partial charge on any atom is -0.320 e. The third-order valence-electron chi connectivity index (χ3n) is 2.83. The fourth-order valence-electron chi connectivity index (χ4n) is 1.10. The molecule has 1 aromatic rings. The van der Waals surface area contributed by atoms with Crippen molar-refractivity contribution in [2.75, 3.05) is 6.26 Å². The van der Waals surface area contributed by atoms with Gasteiger partial charge in [0.1, 0.15) is 10.3 Å². The average Bonchev–Trinajstić information content (AvgIpc) is 2.64. The van der Waals surface area contributed by atoms with Crippen molar-refractivity contribution < 1.29 is 8.42 Å². The molecule has 1 aromatic heterocycles. The predicted octanol–water partition coefficient (Wildman–Crippen LogP) is 1.83. The van der Waals surface area contributed by atoms with E-state index in [0.717, 1.165) is 12.1 Å². The summed E-state index contributed by atoms with van der Waals surface area (Å²) in [6.45, 7) is 5.54. The molecule has 0 fully saturated rings. The van der Waals surface area contributed by atoms with E-state index >= 15 is 0 Å². The highest BCUT2D eigenvalue weighted by atomic mass is 32.2. The minimum atomic E-state index is -3.09. The molecule has 0 bridgehead atoms. The smallest absolute Gasteiger partial charge is 0.156 e. The van der Waals surface area contributed by atoms with Gasteiger partial charge in [0.25, 0.3) is 0 Å². The summed E-state index contributed by atoms with van der Waals surface area (Å²) in [6, 6.07) is 0. The van der Waals surface area contributed by atoms with Crippen LogP contribution in [0.5, 0.6) is 0 Å². The lowest BCUT2D eigenvalue weighted by Gasteiger charge is -2.19. The van der Waals surface area contributed by atoms with Gasteiger partial charge >= 0.3 is 0 Å². The molecule has 0 radical (unpaired) electrons. The Morgan fingerprint density at radius 1 is 1.62 bits per heavy atom. The van der Waals surface area contributed by atoms with Crippen LogP contribution >= 0.6 is 11.3 Å². The quantitative estimate of drug-likeness (QED) is 0.898. The topological polar surface area (TPSA) is 73.1 Å². The summed E-state index contributed by atoms with van der Waals surface area (Å²) in [7, 11) is -3.09. The Balaban J connectivity index is 3.05.